The molecule has 0 fully saturated rings. The molecule has 0 saturated heterocycles. The van der Waals surface area contributed by atoms with E-state index >= 15 is 0 Å². The number of nitrogens with two attached hydrogens (primary N) is 1. The van der Waals surface area contributed by atoms with Gasteiger partial charge in [-0.1, -0.05) is 31.2 Å². The van der Waals surface area contributed by atoms with Crippen LogP contribution in [0, 0.1) is 0 Å². The molecule has 1 rings (SSSR count). The molecule has 16 heavy (non-hydrogen) atoms. The van der Waals surface area contributed by atoms with E-state index in [0.29, 0.717) is 19.6 Å². The molecular formula is C13H19NO2. The molecule has 3 heteroatoms. The highest BCUT2D eigenvalue weighted by Crippen LogP contribution is 2.09. The van der Waals surface area contributed by atoms with Gasteiger partial charge in [-0.3, -0.25) is 4.79 Å². The van der Waals surface area contributed by atoms with Crippen LogP contribution in [0.2, 0.25) is 0 Å². The van der Waals surface area contributed by atoms with Crippen molar-refractivity contribution in [3.8, 4) is 0 Å². The third kappa shape index (κ3) is 4.13. The van der Waals surface area contributed by atoms with Crippen LogP contribution in [0.4, 0.5) is 0 Å². The van der Waals surface area contributed by atoms with Gasteiger partial charge >= 0.3 is 0 Å². The number of ether oxygens (including phenoxy) is 1. The predicted octanol–water partition coefficient (Wildman–Crippen LogP) is 1.68. The summed E-state index contributed by atoms with van der Waals surface area (Å²) in [5.74, 6) is 0.106. The lowest BCUT2D eigenvalue weighted by Crippen LogP contribution is -2.13. The molecule has 1 aromatic rings. The molecule has 2 N–H and O–H groups in total. The van der Waals surface area contributed by atoms with Crippen LogP contribution in [0.5, 0.6) is 0 Å². The van der Waals surface area contributed by atoms with E-state index in [-0.39, 0.29) is 12.4 Å². The Kier molecular flexibility index (Phi) is 5.75. The van der Waals surface area contributed by atoms with Crippen LogP contribution in [-0.2, 0) is 22.5 Å². The standard InChI is InChI=1S/C13H19NO2/c1-2-7-16-10-13(15)8-11-5-3-4-6-12(11)9-14/h3-6H,2,7-10,14H2,1H3. The third-order valence-corrected chi connectivity index (χ3v) is 2.34. The van der Waals surface area contributed by atoms with Crippen molar-refractivity contribution >= 4 is 5.78 Å². The number of carbonyl (C=O) groups is 1. The summed E-state index contributed by atoms with van der Waals surface area (Å²) < 4.78 is 5.21. The lowest BCUT2D eigenvalue weighted by molar-refractivity contribution is -0.122. The highest BCUT2D eigenvalue weighted by Gasteiger charge is 2.06. The maximum absolute atomic E-state index is 11.6. The first-order chi connectivity index (χ1) is 7.77. The maximum atomic E-state index is 11.6. The molecule has 1 aromatic carbocycles. The Bertz CT molecular complexity index is 336. The number of ketones is 1. The second-order valence-electron chi connectivity index (χ2n) is 3.74. The zero-order chi connectivity index (χ0) is 11.8. The summed E-state index contributed by atoms with van der Waals surface area (Å²) in [4.78, 5) is 11.6. The minimum Gasteiger partial charge on any atom is -0.374 e. The van der Waals surface area contributed by atoms with Crippen molar-refractivity contribution < 1.29 is 9.53 Å². The molecule has 3 nitrogen and oxygen atoms in total. The zero-order valence-electron chi connectivity index (χ0n) is 9.74. The second-order valence-corrected chi connectivity index (χ2v) is 3.74. The number of hydrogen-bond donors (Lipinski definition) is 1. The lowest BCUT2D eigenvalue weighted by Gasteiger charge is -2.07. The fourth-order valence-electron chi connectivity index (χ4n) is 1.52. The summed E-state index contributed by atoms with van der Waals surface area (Å²) in [6.07, 6.45) is 1.35. The molecule has 0 aliphatic carbocycles. The normalized spacial score (nSPS) is 10.4. The van der Waals surface area contributed by atoms with Crippen LogP contribution in [0.15, 0.2) is 24.3 Å². The Hall–Kier alpha value is -1.19. The monoisotopic (exact) mass is 221 g/mol. The van der Waals surface area contributed by atoms with Crippen molar-refractivity contribution in [3.05, 3.63) is 35.4 Å². The van der Waals surface area contributed by atoms with E-state index in [1.165, 1.54) is 0 Å². The van der Waals surface area contributed by atoms with E-state index in [9.17, 15) is 4.79 Å². The van der Waals surface area contributed by atoms with Crippen molar-refractivity contribution in [2.75, 3.05) is 13.2 Å². The van der Waals surface area contributed by atoms with E-state index in [1.807, 2.05) is 31.2 Å². The molecular weight excluding hydrogens is 202 g/mol. The molecule has 0 bridgehead atoms. The summed E-state index contributed by atoms with van der Waals surface area (Å²) in [6, 6.07) is 7.76. The molecule has 88 valence electrons. The van der Waals surface area contributed by atoms with Crippen LogP contribution in [-0.4, -0.2) is 19.0 Å². The Morgan fingerprint density at radius 3 is 2.62 bits per heavy atom. The number of hydrogen-bond acceptors (Lipinski definition) is 3. The van der Waals surface area contributed by atoms with Gasteiger partial charge in [0.15, 0.2) is 5.78 Å². The van der Waals surface area contributed by atoms with Crippen LogP contribution in [0.25, 0.3) is 0 Å². The molecule has 0 aromatic heterocycles. The molecule has 0 radical (unpaired) electrons. The Morgan fingerprint density at radius 2 is 2.00 bits per heavy atom. The van der Waals surface area contributed by atoms with E-state index in [0.717, 1.165) is 17.5 Å². The molecule has 0 aliphatic heterocycles. The van der Waals surface area contributed by atoms with Crippen LogP contribution in [0.3, 0.4) is 0 Å². The molecule has 0 amide bonds. The van der Waals surface area contributed by atoms with Gasteiger partial charge < -0.3 is 10.5 Å². The van der Waals surface area contributed by atoms with E-state index < -0.39 is 0 Å². The summed E-state index contributed by atoms with van der Waals surface area (Å²) in [5, 5.41) is 0. The number of carbonyl (C=O) groups excluding carboxylic acids is 1. The second kappa shape index (κ2) is 7.14. The fourth-order valence-corrected chi connectivity index (χ4v) is 1.52. The summed E-state index contributed by atoms with van der Waals surface area (Å²) in [5.41, 5.74) is 7.65. The summed E-state index contributed by atoms with van der Waals surface area (Å²) >= 11 is 0. The number of rotatable bonds is 7. The number of Topliss-reactive ketones (excluding diaryl/α,β-unsaturated/α-hetero) is 1. The van der Waals surface area contributed by atoms with Crippen molar-refractivity contribution in [1.29, 1.82) is 0 Å². The highest BCUT2D eigenvalue weighted by atomic mass is 16.5. The van der Waals surface area contributed by atoms with Gasteiger partial charge in [-0.2, -0.15) is 0 Å². The first-order valence-electron chi connectivity index (χ1n) is 5.64. The third-order valence-electron chi connectivity index (χ3n) is 2.34. The molecule has 0 aliphatic rings. The van der Waals surface area contributed by atoms with Gasteiger partial charge in [0.1, 0.15) is 6.61 Å². The van der Waals surface area contributed by atoms with Crippen molar-refractivity contribution in [2.24, 2.45) is 5.73 Å². The van der Waals surface area contributed by atoms with Gasteiger partial charge in [0.2, 0.25) is 0 Å². The zero-order valence-corrected chi connectivity index (χ0v) is 9.74. The molecule has 0 heterocycles. The van der Waals surface area contributed by atoms with E-state index in [2.05, 4.69) is 0 Å². The SMILES string of the molecule is CCCOCC(=O)Cc1ccccc1CN. The van der Waals surface area contributed by atoms with Crippen molar-refractivity contribution in [3.63, 3.8) is 0 Å². The minimum atomic E-state index is 0.106. The maximum Gasteiger partial charge on any atom is 0.162 e. The average Bonchev–Trinajstić information content (AvgIpc) is 2.30. The van der Waals surface area contributed by atoms with Gasteiger partial charge in [0.25, 0.3) is 0 Å². The Morgan fingerprint density at radius 1 is 1.31 bits per heavy atom. The van der Waals surface area contributed by atoms with E-state index in [1.54, 1.807) is 0 Å². The van der Waals surface area contributed by atoms with Gasteiger partial charge in [-0.05, 0) is 17.5 Å². The molecule has 0 atom stereocenters. The average molecular weight is 221 g/mol. The predicted molar refractivity (Wildman–Crippen MR) is 64.2 cm³/mol. The Labute approximate surface area is 96.6 Å². The minimum absolute atomic E-state index is 0.106. The van der Waals surface area contributed by atoms with Crippen LogP contribution in [0.1, 0.15) is 24.5 Å². The van der Waals surface area contributed by atoms with Crippen molar-refractivity contribution in [1.82, 2.24) is 0 Å². The van der Waals surface area contributed by atoms with Gasteiger partial charge in [0.05, 0.1) is 0 Å². The lowest BCUT2D eigenvalue weighted by atomic mass is 10.0. The first kappa shape index (κ1) is 12.9. The molecule has 0 unspecified atom stereocenters. The van der Waals surface area contributed by atoms with Crippen LogP contribution < -0.4 is 5.73 Å². The topological polar surface area (TPSA) is 52.3 Å². The van der Waals surface area contributed by atoms with Gasteiger partial charge in [0, 0.05) is 19.6 Å². The highest BCUT2D eigenvalue weighted by molar-refractivity contribution is 5.82. The molecule has 0 spiro atoms. The smallest absolute Gasteiger partial charge is 0.162 e. The van der Waals surface area contributed by atoms with E-state index in [4.69, 9.17) is 10.5 Å². The summed E-state index contributed by atoms with van der Waals surface area (Å²) in [7, 11) is 0. The Balaban J connectivity index is 2.49. The largest absolute Gasteiger partial charge is 0.374 e. The van der Waals surface area contributed by atoms with Gasteiger partial charge in [-0.25, -0.2) is 0 Å². The molecule has 0 saturated carbocycles. The fraction of sp³-hybridized carbons (Fsp3) is 0.462. The van der Waals surface area contributed by atoms with Crippen LogP contribution >= 0.6 is 0 Å². The van der Waals surface area contributed by atoms with Gasteiger partial charge in [-0.15, -0.1) is 0 Å². The number of benzene rings is 1. The summed E-state index contributed by atoms with van der Waals surface area (Å²) in [6.45, 7) is 3.34. The van der Waals surface area contributed by atoms with Crippen molar-refractivity contribution in [2.45, 2.75) is 26.3 Å². The first-order valence-corrected chi connectivity index (χ1v) is 5.64. The quantitative estimate of drug-likeness (QED) is 0.713.